The molecule has 1 aromatic rings. The number of thiophene rings is 1. The number of carbonyl (C=O) groups excluding carboxylic acids is 1. The topological polar surface area (TPSA) is 69.6 Å². The Kier molecular flexibility index (Phi) is 4.79. The van der Waals surface area contributed by atoms with E-state index >= 15 is 0 Å². The Morgan fingerprint density at radius 2 is 2.32 bits per heavy atom. The summed E-state index contributed by atoms with van der Waals surface area (Å²) in [5.74, 6) is -1.01. The second-order valence-electron chi connectivity index (χ2n) is 4.45. The molecule has 0 radical (unpaired) electrons. The van der Waals surface area contributed by atoms with E-state index in [0.29, 0.717) is 23.8 Å². The van der Waals surface area contributed by atoms with E-state index in [9.17, 15) is 9.59 Å². The molecule has 0 spiro atoms. The van der Waals surface area contributed by atoms with Crippen molar-refractivity contribution in [1.29, 1.82) is 0 Å². The van der Waals surface area contributed by atoms with Gasteiger partial charge in [-0.2, -0.15) is 0 Å². The predicted octanol–water partition coefficient (Wildman–Crippen LogP) is 1.57. The van der Waals surface area contributed by atoms with E-state index in [1.807, 2.05) is 6.07 Å². The van der Waals surface area contributed by atoms with Crippen molar-refractivity contribution in [2.75, 3.05) is 13.1 Å². The van der Waals surface area contributed by atoms with Crippen molar-refractivity contribution in [3.8, 4) is 0 Å². The van der Waals surface area contributed by atoms with Gasteiger partial charge in [-0.05, 0) is 31.5 Å². The van der Waals surface area contributed by atoms with Crippen molar-refractivity contribution in [1.82, 2.24) is 10.2 Å². The fourth-order valence-electron chi connectivity index (χ4n) is 2.17. The molecule has 1 atom stereocenters. The molecular weight excluding hydrogens is 288 g/mol. The van der Waals surface area contributed by atoms with E-state index in [1.165, 1.54) is 11.3 Å². The molecule has 2 N–H and O–H groups in total. The SMILES string of the molecule is O=C(CN1CCCC1C(=O)O)NCc1ccc(Cl)s1. The van der Waals surface area contributed by atoms with Crippen LogP contribution < -0.4 is 5.32 Å². The molecular formula is C12H15ClN2O3S. The summed E-state index contributed by atoms with van der Waals surface area (Å²) in [7, 11) is 0. The first-order valence-electron chi connectivity index (χ1n) is 6.04. The third kappa shape index (κ3) is 3.92. The fraction of sp³-hybridized carbons (Fsp3) is 0.500. The molecule has 1 fully saturated rings. The van der Waals surface area contributed by atoms with Gasteiger partial charge in [0.25, 0.3) is 0 Å². The van der Waals surface area contributed by atoms with Crippen molar-refractivity contribution in [3.63, 3.8) is 0 Å². The zero-order chi connectivity index (χ0) is 13.8. The Morgan fingerprint density at radius 3 is 2.95 bits per heavy atom. The zero-order valence-electron chi connectivity index (χ0n) is 10.3. The lowest BCUT2D eigenvalue weighted by molar-refractivity contribution is -0.142. The summed E-state index contributed by atoms with van der Waals surface area (Å²) in [6.07, 6.45) is 1.44. The van der Waals surface area contributed by atoms with Crippen molar-refractivity contribution in [3.05, 3.63) is 21.3 Å². The van der Waals surface area contributed by atoms with Gasteiger partial charge in [0.2, 0.25) is 5.91 Å². The van der Waals surface area contributed by atoms with Crippen molar-refractivity contribution >= 4 is 34.8 Å². The van der Waals surface area contributed by atoms with Crippen LogP contribution in [0.4, 0.5) is 0 Å². The molecule has 2 heterocycles. The van der Waals surface area contributed by atoms with Gasteiger partial charge >= 0.3 is 5.97 Å². The van der Waals surface area contributed by atoms with Crippen molar-refractivity contribution in [2.24, 2.45) is 0 Å². The van der Waals surface area contributed by atoms with Gasteiger partial charge in [0.05, 0.1) is 17.4 Å². The minimum Gasteiger partial charge on any atom is -0.480 e. The first kappa shape index (κ1) is 14.3. The zero-order valence-corrected chi connectivity index (χ0v) is 11.8. The average Bonchev–Trinajstić information content (AvgIpc) is 2.95. The fourth-order valence-corrected chi connectivity index (χ4v) is 3.20. The Balaban J connectivity index is 1.79. The smallest absolute Gasteiger partial charge is 0.320 e. The van der Waals surface area contributed by atoms with Gasteiger partial charge < -0.3 is 10.4 Å². The van der Waals surface area contributed by atoms with Gasteiger partial charge in [-0.3, -0.25) is 14.5 Å². The van der Waals surface area contributed by atoms with Crippen LogP contribution in [0.3, 0.4) is 0 Å². The van der Waals surface area contributed by atoms with Crippen LogP contribution in [0.1, 0.15) is 17.7 Å². The number of hydrogen-bond acceptors (Lipinski definition) is 4. The van der Waals surface area contributed by atoms with Crippen LogP contribution in [-0.2, 0) is 16.1 Å². The molecule has 1 unspecified atom stereocenters. The van der Waals surface area contributed by atoms with Gasteiger partial charge in [0.1, 0.15) is 6.04 Å². The van der Waals surface area contributed by atoms with Crippen LogP contribution in [0.5, 0.6) is 0 Å². The first-order chi connectivity index (χ1) is 9.06. The molecule has 0 bridgehead atoms. The number of amides is 1. The number of carboxylic acids is 1. The number of hydrogen-bond donors (Lipinski definition) is 2. The lowest BCUT2D eigenvalue weighted by Gasteiger charge is -2.20. The second-order valence-corrected chi connectivity index (χ2v) is 6.25. The van der Waals surface area contributed by atoms with Crippen molar-refractivity contribution in [2.45, 2.75) is 25.4 Å². The lowest BCUT2D eigenvalue weighted by atomic mass is 10.2. The normalized spacial score (nSPS) is 19.5. The molecule has 1 aromatic heterocycles. The number of carbonyl (C=O) groups is 2. The predicted molar refractivity (Wildman–Crippen MR) is 73.4 cm³/mol. The Bertz CT molecular complexity index is 477. The van der Waals surface area contributed by atoms with Crippen LogP contribution in [0.2, 0.25) is 4.34 Å². The quantitative estimate of drug-likeness (QED) is 0.866. The minimum absolute atomic E-state index is 0.135. The summed E-state index contributed by atoms with van der Waals surface area (Å²) in [6, 6.07) is 3.12. The highest BCUT2D eigenvalue weighted by atomic mass is 35.5. The summed E-state index contributed by atoms with van der Waals surface area (Å²) in [6.45, 7) is 1.23. The molecule has 5 nitrogen and oxygen atoms in total. The molecule has 19 heavy (non-hydrogen) atoms. The largest absolute Gasteiger partial charge is 0.480 e. The third-order valence-corrected chi connectivity index (χ3v) is 4.32. The van der Waals surface area contributed by atoms with E-state index in [4.69, 9.17) is 16.7 Å². The summed E-state index contributed by atoms with van der Waals surface area (Å²) >= 11 is 7.22. The highest BCUT2D eigenvalue weighted by Crippen LogP contribution is 2.21. The molecule has 1 amide bonds. The van der Waals surface area contributed by atoms with Crippen LogP contribution in [0.15, 0.2) is 12.1 Å². The maximum absolute atomic E-state index is 11.8. The average molecular weight is 303 g/mol. The molecule has 1 saturated heterocycles. The van der Waals surface area contributed by atoms with Gasteiger partial charge in [-0.15, -0.1) is 11.3 Å². The number of rotatable bonds is 5. The van der Waals surface area contributed by atoms with Crippen LogP contribution in [-0.4, -0.2) is 41.0 Å². The first-order valence-corrected chi connectivity index (χ1v) is 7.23. The molecule has 2 rings (SSSR count). The summed E-state index contributed by atoms with van der Waals surface area (Å²) in [5.41, 5.74) is 0. The van der Waals surface area contributed by atoms with Crippen LogP contribution in [0.25, 0.3) is 0 Å². The van der Waals surface area contributed by atoms with E-state index in [2.05, 4.69) is 5.32 Å². The number of aliphatic carboxylic acids is 1. The number of halogens is 1. The Morgan fingerprint density at radius 1 is 1.53 bits per heavy atom. The Labute approximate surface area is 120 Å². The van der Waals surface area contributed by atoms with E-state index in [-0.39, 0.29) is 12.5 Å². The summed E-state index contributed by atoms with van der Waals surface area (Å²) < 4.78 is 0.690. The molecule has 1 aliphatic rings. The maximum atomic E-state index is 11.8. The minimum atomic E-state index is -0.852. The Hall–Kier alpha value is -1.11. The van der Waals surface area contributed by atoms with Crippen molar-refractivity contribution < 1.29 is 14.7 Å². The van der Waals surface area contributed by atoms with E-state index < -0.39 is 12.0 Å². The number of likely N-dealkylation sites (tertiary alicyclic amines) is 1. The maximum Gasteiger partial charge on any atom is 0.320 e. The lowest BCUT2D eigenvalue weighted by Crippen LogP contribution is -2.42. The van der Waals surface area contributed by atoms with Crippen LogP contribution in [0, 0.1) is 0 Å². The number of carboxylic acid groups (broad SMARTS) is 1. The molecule has 1 aliphatic heterocycles. The van der Waals surface area contributed by atoms with Gasteiger partial charge in [-0.25, -0.2) is 0 Å². The highest BCUT2D eigenvalue weighted by molar-refractivity contribution is 7.16. The van der Waals surface area contributed by atoms with Gasteiger partial charge in [0.15, 0.2) is 0 Å². The summed E-state index contributed by atoms with van der Waals surface area (Å²) in [4.78, 5) is 25.5. The monoisotopic (exact) mass is 302 g/mol. The third-order valence-electron chi connectivity index (χ3n) is 3.08. The highest BCUT2D eigenvalue weighted by Gasteiger charge is 2.31. The number of nitrogens with one attached hydrogen (secondary N) is 1. The van der Waals surface area contributed by atoms with E-state index in [1.54, 1.807) is 11.0 Å². The molecule has 7 heteroatoms. The van der Waals surface area contributed by atoms with Crippen LogP contribution >= 0.6 is 22.9 Å². The molecule has 0 aliphatic carbocycles. The van der Waals surface area contributed by atoms with E-state index in [0.717, 1.165) is 11.3 Å². The van der Waals surface area contributed by atoms with Gasteiger partial charge in [0, 0.05) is 4.88 Å². The standard InChI is InChI=1S/C12H15ClN2O3S/c13-10-4-3-8(19-10)6-14-11(16)7-15-5-1-2-9(15)12(17)18/h3-4,9H,1-2,5-7H2,(H,14,16)(H,17,18). The molecule has 0 aromatic carbocycles. The summed E-state index contributed by atoms with van der Waals surface area (Å²) in [5, 5.41) is 11.8. The molecule has 0 saturated carbocycles. The molecule has 104 valence electrons. The van der Waals surface area contributed by atoms with Gasteiger partial charge in [-0.1, -0.05) is 11.6 Å². The second kappa shape index (κ2) is 6.36. The number of nitrogens with zero attached hydrogens (tertiary/aromatic N) is 1.